The first-order chi connectivity index (χ1) is 20.8. The van der Waals surface area contributed by atoms with E-state index in [4.69, 9.17) is 21.1 Å². The Hall–Kier alpha value is -3.50. The van der Waals surface area contributed by atoms with Crippen molar-refractivity contribution in [3.05, 3.63) is 47.2 Å². The number of hydrogen-bond acceptors (Lipinski definition) is 6. The topological polar surface area (TPSA) is 92.2 Å². The molecule has 5 rings (SSSR count). The molecule has 0 unspecified atom stereocenters. The molecule has 3 amide bonds. The van der Waals surface area contributed by atoms with Crippen molar-refractivity contribution < 1.29 is 19.1 Å². The van der Waals surface area contributed by atoms with Crippen LogP contribution in [-0.2, 0) is 17.9 Å². The Balaban J connectivity index is 1.33. The number of ether oxygens (including phenoxy) is 2. The molecular formula is C32H43ClN6O4. The molecule has 0 bridgehead atoms. The number of hydrogen-bond donors (Lipinski definition) is 1. The van der Waals surface area contributed by atoms with Gasteiger partial charge in [-0.1, -0.05) is 31.4 Å². The van der Waals surface area contributed by atoms with Gasteiger partial charge in [-0.25, -0.2) is 9.78 Å². The van der Waals surface area contributed by atoms with Crippen molar-refractivity contribution in [2.24, 2.45) is 0 Å². The Kier molecular flexibility index (Phi) is 9.97. The van der Waals surface area contributed by atoms with Crippen LogP contribution >= 0.6 is 11.6 Å². The van der Waals surface area contributed by atoms with Gasteiger partial charge in [-0.05, 0) is 63.5 Å². The first kappa shape index (κ1) is 30.9. The molecular weight excluding hydrogens is 568 g/mol. The Morgan fingerprint density at radius 3 is 2.74 bits per heavy atom. The van der Waals surface area contributed by atoms with E-state index in [1.54, 1.807) is 29.0 Å². The number of pyridine rings is 1. The minimum atomic E-state index is -0.0812. The number of anilines is 1. The maximum Gasteiger partial charge on any atom is 0.325 e. The van der Waals surface area contributed by atoms with E-state index in [0.29, 0.717) is 41.9 Å². The number of aromatic nitrogens is 2. The fourth-order valence-corrected chi connectivity index (χ4v) is 6.32. The van der Waals surface area contributed by atoms with Crippen LogP contribution in [0.3, 0.4) is 0 Å². The Morgan fingerprint density at radius 2 is 2.00 bits per heavy atom. The van der Waals surface area contributed by atoms with Crippen molar-refractivity contribution >= 4 is 40.3 Å². The summed E-state index contributed by atoms with van der Waals surface area (Å²) in [5, 5.41) is 4.40. The van der Waals surface area contributed by atoms with Gasteiger partial charge in [-0.3, -0.25) is 9.69 Å². The number of carbonyl (C=O) groups is 2. The van der Waals surface area contributed by atoms with E-state index in [2.05, 4.69) is 36.1 Å². The van der Waals surface area contributed by atoms with Crippen LogP contribution in [0.2, 0.25) is 5.02 Å². The molecule has 0 saturated carbocycles. The normalized spacial score (nSPS) is 19.3. The van der Waals surface area contributed by atoms with Crippen molar-refractivity contribution in [2.75, 3.05) is 45.3 Å². The van der Waals surface area contributed by atoms with E-state index in [0.717, 1.165) is 61.8 Å². The van der Waals surface area contributed by atoms with Crippen LogP contribution in [0.15, 0.2) is 36.7 Å². The number of rotatable bonds is 12. The molecule has 2 saturated heterocycles. The van der Waals surface area contributed by atoms with Gasteiger partial charge in [0.25, 0.3) is 0 Å². The number of fused-ring (bicyclic) bond motifs is 1. The highest BCUT2D eigenvalue weighted by molar-refractivity contribution is 6.35. The van der Waals surface area contributed by atoms with Crippen molar-refractivity contribution in [2.45, 2.75) is 71.1 Å². The molecule has 2 fully saturated rings. The Morgan fingerprint density at radius 1 is 1.16 bits per heavy atom. The summed E-state index contributed by atoms with van der Waals surface area (Å²) in [5.41, 5.74) is 2.30. The smallest absolute Gasteiger partial charge is 0.325 e. The summed E-state index contributed by atoms with van der Waals surface area (Å²) in [7, 11) is 3.68. The number of nitrogens with one attached hydrogen (secondary N) is 1. The number of amides is 3. The van der Waals surface area contributed by atoms with E-state index in [9.17, 15) is 9.59 Å². The molecule has 11 heteroatoms. The molecule has 0 aliphatic carbocycles. The number of carbonyl (C=O) groups excluding carboxylic acids is 2. The molecule has 0 spiro atoms. The molecule has 3 aromatic rings. The molecule has 2 atom stereocenters. The maximum atomic E-state index is 13.9. The average Bonchev–Trinajstić information content (AvgIpc) is 3.55. The highest BCUT2D eigenvalue weighted by Gasteiger charge is 2.33. The van der Waals surface area contributed by atoms with Gasteiger partial charge >= 0.3 is 6.03 Å². The number of halogens is 1. The van der Waals surface area contributed by atoms with Crippen molar-refractivity contribution in [3.63, 3.8) is 0 Å². The Labute approximate surface area is 258 Å². The summed E-state index contributed by atoms with van der Waals surface area (Å²) in [4.78, 5) is 37.2. The molecule has 2 aliphatic rings. The van der Waals surface area contributed by atoms with E-state index in [1.807, 2.05) is 29.2 Å². The maximum absolute atomic E-state index is 13.9. The molecule has 232 valence electrons. The van der Waals surface area contributed by atoms with Gasteiger partial charge in [0.1, 0.15) is 12.2 Å². The standard InChI is InChI=1S/C32H43ClN6O4/c1-5-6-7-16-43-28-17-25(8-9-27(28)42-4)38-15-11-22(2)39(32(38)41)18-23-10-13-34-31-30(23)26(33)20-37(31)21-29(40)35-24-12-14-36(3)19-24/h8-10,13,17,20,22,24H,5-7,11-12,14-16,18-19,21H2,1-4H3,(H,35,40)/t22-,24-/m0/s1. The van der Waals surface area contributed by atoms with Crippen molar-refractivity contribution in [1.29, 1.82) is 0 Å². The summed E-state index contributed by atoms with van der Waals surface area (Å²) in [5.74, 6) is 1.23. The van der Waals surface area contributed by atoms with E-state index < -0.39 is 0 Å². The lowest BCUT2D eigenvalue weighted by molar-refractivity contribution is -0.122. The molecule has 2 aromatic heterocycles. The first-order valence-electron chi connectivity index (χ1n) is 15.3. The summed E-state index contributed by atoms with van der Waals surface area (Å²) < 4.78 is 13.4. The van der Waals surface area contributed by atoms with Crippen LogP contribution in [0, 0.1) is 0 Å². The summed E-state index contributed by atoms with van der Waals surface area (Å²) in [6.45, 7) is 7.77. The second kappa shape index (κ2) is 13.9. The quantitative estimate of drug-likeness (QED) is 0.280. The summed E-state index contributed by atoms with van der Waals surface area (Å²) in [6, 6.07) is 7.67. The number of likely N-dealkylation sites (N-methyl/N-ethyl adjacent to an activating group) is 1. The lowest BCUT2D eigenvalue weighted by Crippen LogP contribution is -2.53. The predicted molar refractivity (Wildman–Crippen MR) is 169 cm³/mol. The molecule has 0 radical (unpaired) electrons. The zero-order valence-corrected chi connectivity index (χ0v) is 26.4. The van der Waals surface area contributed by atoms with E-state index in [-0.39, 0.29) is 30.6 Å². The van der Waals surface area contributed by atoms with Crippen molar-refractivity contribution in [3.8, 4) is 11.5 Å². The lowest BCUT2D eigenvalue weighted by atomic mass is 10.1. The van der Waals surface area contributed by atoms with E-state index in [1.165, 1.54) is 0 Å². The third-order valence-electron chi connectivity index (χ3n) is 8.45. The second-order valence-corrected chi connectivity index (χ2v) is 12.1. The van der Waals surface area contributed by atoms with Gasteiger partial charge in [0.15, 0.2) is 11.5 Å². The predicted octanol–water partition coefficient (Wildman–Crippen LogP) is 5.31. The number of urea groups is 1. The number of likely N-dealkylation sites (tertiary alicyclic amines) is 1. The average molecular weight is 611 g/mol. The van der Waals surface area contributed by atoms with Gasteiger partial charge < -0.3 is 29.2 Å². The SMILES string of the molecule is CCCCCOc1cc(N2CC[C@H](C)N(Cc3ccnc4c3c(Cl)cn4CC(=O)N[C@H]3CCN(C)C3)C2=O)ccc1OC. The third kappa shape index (κ3) is 7.02. The van der Waals surface area contributed by atoms with Gasteiger partial charge in [0.05, 0.1) is 18.7 Å². The fourth-order valence-electron chi connectivity index (χ4n) is 6.00. The van der Waals surface area contributed by atoms with Crippen LogP contribution < -0.4 is 19.7 Å². The van der Waals surface area contributed by atoms with Gasteiger partial charge in [0.2, 0.25) is 5.91 Å². The van der Waals surface area contributed by atoms with Crippen LogP contribution in [0.25, 0.3) is 11.0 Å². The minimum absolute atomic E-state index is 0.0335. The molecule has 10 nitrogen and oxygen atoms in total. The van der Waals surface area contributed by atoms with Crippen LogP contribution in [0.5, 0.6) is 11.5 Å². The van der Waals surface area contributed by atoms with Crippen LogP contribution in [0.4, 0.5) is 10.5 Å². The molecule has 1 aromatic carbocycles. The van der Waals surface area contributed by atoms with Crippen LogP contribution in [-0.4, -0.2) is 83.8 Å². The number of unbranched alkanes of at least 4 members (excludes halogenated alkanes) is 2. The van der Waals surface area contributed by atoms with Gasteiger partial charge in [-0.2, -0.15) is 0 Å². The highest BCUT2D eigenvalue weighted by atomic mass is 35.5. The largest absolute Gasteiger partial charge is 0.493 e. The monoisotopic (exact) mass is 610 g/mol. The highest BCUT2D eigenvalue weighted by Crippen LogP contribution is 2.35. The van der Waals surface area contributed by atoms with Crippen LogP contribution in [0.1, 0.15) is 51.5 Å². The number of benzene rings is 1. The second-order valence-electron chi connectivity index (χ2n) is 11.7. The molecule has 1 N–H and O–H groups in total. The first-order valence-corrected chi connectivity index (χ1v) is 15.7. The van der Waals surface area contributed by atoms with Gasteiger partial charge in [0, 0.05) is 61.3 Å². The summed E-state index contributed by atoms with van der Waals surface area (Å²) >= 11 is 6.74. The number of methoxy groups -OCH3 is 1. The van der Waals surface area contributed by atoms with Gasteiger partial charge in [-0.15, -0.1) is 0 Å². The number of nitrogens with zero attached hydrogens (tertiary/aromatic N) is 5. The third-order valence-corrected chi connectivity index (χ3v) is 8.74. The van der Waals surface area contributed by atoms with Crippen molar-refractivity contribution in [1.82, 2.24) is 24.7 Å². The molecule has 4 heterocycles. The minimum Gasteiger partial charge on any atom is -0.493 e. The molecule has 43 heavy (non-hydrogen) atoms. The Bertz CT molecular complexity index is 1440. The zero-order chi connectivity index (χ0) is 30.5. The zero-order valence-electron chi connectivity index (χ0n) is 25.6. The summed E-state index contributed by atoms with van der Waals surface area (Å²) in [6.07, 6.45) is 8.41. The fraction of sp³-hybridized carbons (Fsp3) is 0.531. The lowest BCUT2D eigenvalue weighted by Gasteiger charge is -2.40. The molecule has 2 aliphatic heterocycles. The van der Waals surface area contributed by atoms with E-state index >= 15 is 0 Å².